The normalized spacial score (nSPS) is 10.4. The predicted molar refractivity (Wildman–Crippen MR) is 104 cm³/mol. The summed E-state index contributed by atoms with van der Waals surface area (Å²) in [7, 11) is 0. The molecule has 26 heavy (non-hydrogen) atoms. The van der Waals surface area contributed by atoms with Crippen molar-refractivity contribution < 1.29 is 9.59 Å². The third-order valence-electron chi connectivity index (χ3n) is 3.80. The molecule has 0 fully saturated rings. The van der Waals surface area contributed by atoms with Gasteiger partial charge in [0.05, 0.1) is 5.69 Å². The Kier molecular flexibility index (Phi) is 5.43. The van der Waals surface area contributed by atoms with Crippen molar-refractivity contribution in [3.63, 3.8) is 0 Å². The molecule has 0 atom stereocenters. The number of thiazole rings is 1. The molecule has 1 aromatic heterocycles. The van der Waals surface area contributed by atoms with Crippen molar-refractivity contribution in [2.24, 2.45) is 0 Å². The number of rotatable bonds is 5. The molecule has 2 amide bonds. The van der Waals surface area contributed by atoms with Crippen LogP contribution >= 0.6 is 11.3 Å². The van der Waals surface area contributed by atoms with Gasteiger partial charge in [0.1, 0.15) is 4.88 Å². The second-order valence-electron chi connectivity index (χ2n) is 5.93. The minimum atomic E-state index is -0.237. The Labute approximate surface area is 156 Å². The molecule has 0 saturated carbocycles. The van der Waals surface area contributed by atoms with Crippen LogP contribution < -0.4 is 10.6 Å². The molecule has 3 aromatic rings. The molecule has 0 spiro atoms. The molecule has 6 heteroatoms. The van der Waals surface area contributed by atoms with Gasteiger partial charge in [0, 0.05) is 12.1 Å². The van der Waals surface area contributed by atoms with Crippen LogP contribution in [0.1, 0.15) is 36.9 Å². The molecule has 0 aliphatic carbocycles. The first-order chi connectivity index (χ1) is 12.5. The summed E-state index contributed by atoms with van der Waals surface area (Å²) in [5.41, 5.74) is 3.19. The number of hydrogen-bond donors (Lipinski definition) is 2. The zero-order chi connectivity index (χ0) is 18.5. The summed E-state index contributed by atoms with van der Waals surface area (Å²) in [4.78, 5) is 29.5. The van der Waals surface area contributed by atoms with Crippen LogP contribution in [-0.2, 0) is 6.54 Å². The van der Waals surface area contributed by atoms with Crippen molar-refractivity contribution in [3.05, 3.63) is 81.9 Å². The van der Waals surface area contributed by atoms with E-state index in [1.165, 1.54) is 11.3 Å². The van der Waals surface area contributed by atoms with E-state index in [4.69, 9.17) is 0 Å². The van der Waals surface area contributed by atoms with Crippen molar-refractivity contribution in [2.45, 2.75) is 20.4 Å². The molecule has 132 valence electrons. The highest BCUT2D eigenvalue weighted by Gasteiger charge is 2.17. The van der Waals surface area contributed by atoms with E-state index in [0.29, 0.717) is 27.8 Å². The minimum absolute atomic E-state index is 0.195. The van der Waals surface area contributed by atoms with E-state index < -0.39 is 0 Å². The third-order valence-corrected chi connectivity index (χ3v) is 4.87. The van der Waals surface area contributed by atoms with Crippen molar-refractivity contribution in [2.75, 3.05) is 5.32 Å². The van der Waals surface area contributed by atoms with Crippen LogP contribution in [0.2, 0.25) is 0 Å². The lowest BCUT2D eigenvalue weighted by Crippen LogP contribution is -2.22. The molecular formula is C20H19N3O2S. The summed E-state index contributed by atoms with van der Waals surface area (Å²) in [6.45, 7) is 4.14. The molecule has 3 rings (SSSR count). The van der Waals surface area contributed by atoms with Crippen LogP contribution in [0.5, 0.6) is 0 Å². The van der Waals surface area contributed by atoms with Crippen molar-refractivity contribution in [3.8, 4) is 0 Å². The molecule has 0 saturated heterocycles. The lowest BCUT2D eigenvalue weighted by Gasteiger charge is -2.04. The number of nitrogens with zero attached hydrogens (tertiary/aromatic N) is 1. The maximum atomic E-state index is 12.4. The number of aromatic nitrogens is 1. The number of anilines is 1. The topological polar surface area (TPSA) is 71.1 Å². The third kappa shape index (κ3) is 4.34. The quantitative estimate of drug-likeness (QED) is 0.719. The number of aryl methyl sites for hydroxylation is 2. The first-order valence-corrected chi connectivity index (χ1v) is 9.02. The van der Waals surface area contributed by atoms with Crippen molar-refractivity contribution in [1.29, 1.82) is 0 Å². The lowest BCUT2D eigenvalue weighted by molar-refractivity contribution is 0.0953. The summed E-state index contributed by atoms with van der Waals surface area (Å²) in [6, 6.07) is 17.0. The number of amides is 2. The van der Waals surface area contributed by atoms with Gasteiger partial charge in [-0.2, -0.15) is 0 Å². The van der Waals surface area contributed by atoms with E-state index in [1.807, 2.05) is 55.5 Å². The summed E-state index contributed by atoms with van der Waals surface area (Å²) in [5, 5.41) is 6.06. The average molecular weight is 365 g/mol. The molecule has 0 bridgehead atoms. The van der Waals surface area contributed by atoms with E-state index in [9.17, 15) is 9.59 Å². The average Bonchev–Trinajstić information content (AvgIpc) is 3.01. The Balaban J connectivity index is 1.66. The second-order valence-corrected chi connectivity index (χ2v) is 6.92. The van der Waals surface area contributed by atoms with Gasteiger partial charge in [-0.15, -0.1) is 0 Å². The number of nitrogens with one attached hydrogen (secondary N) is 2. The van der Waals surface area contributed by atoms with Crippen LogP contribution in [-0.4, -0.2) is 16.8 Å². The maximum Gasteiger partial charge on any atom is 0.263 e. The largest absolute Gasteiger partial charge is 0.347 e. The fourth-order valence-corrected chi connectivity index (χ4v) is 3.35. The molecule has 0 unspecified atom stereocenters. The fraction of sp³-hybridized carbons (Fsp3) is 0.150. The summed E-state index contributed by atoms with van der Waals surface area (Å²) < 4.78 is 0. The van der Waals surface area contributed by atoms with Gasteiger partial charge >= 0.3 is 0 Å². The smallest absolute Gasteiger partial charge is 0.263 e. The highest BCUT2D eigenvalue weighted by molar-refractivity contribution is 7.17. The molecule has 0 radical (unpaired) electrons. The zero-order valence-corrected chi connectivity index (χ0v) is 15.4. The van der Waals surface area contributed by atoms with Crippen LogP contribution in [0.3, 0.4) is 0 Å². The Bertz CT molecular complexity index is 935. The van der Waals surface area contributed by atoms with Gasteiger partial charge in [-0.05, 0) is 31.5 Å². The molecular weight excluding hydrogens is 346 g/mol. The molecule has 0 aliphatic rings. The van der Waals surface area contributed by atoms with Gasteiger partial charge < -0.3 is 5.32 Å². The van der Waals surface area contributed by atoms with Gasteiger partial charge in [-0.3, -0.25) is 14.9 Å². The van der Waals surface area contributed by atoms with Crippen LogP contribution in [0.4, 0.5) is 5.13 Å². The van der Waals surface area contributed by atoms with Gasteiger partial charge in [0.2, 0.25) is 0 Å². The number of hydrogen-bond acceptors (Lipinski definition) is 4. The predicted octanol–water partition coefficient (Wildman–Crippen LogP) is 3.94. The van der Waals surface area contributed by atoms with E-state index in [0.717, 1.165) is 11.1 Å². The fourth-order valence-electron chi connectivity index (χ4n) is 2.47. The standard InChI is InChI=1S/C20H19N3O2S/c1-13-7-6-10-16(11-13)18(24)23-20-22-14(2)17(26-20)19(25)21-12-15-8-4-3-5-9-15/h3-11H,12H2,1-2H3,(H,21,25)(H,22,23,24). The Morgan fingerprint density at radius 3 is 2.50 bits per heavy atom. The first kappa shape index (κ1) is 17.8. The van der Waals surface area contributed by atoms with Gasteiger partial charge in [0.15, 0.2) is 5.13 Å². The van der Waals surface area contributed by atoms with Crippen LogP contribution in [0.15, 0.2) is 54.6 Å². The molecule has 5 nitrogen and oxygen atoms in total. The first-order valence-electron chi connectivity index (χ1n) is 8.20. The van der Waals surface area contributed by atoms with Crippen molar-refractivity contribution >= 4 is 28.3 Å². The van der Waals surface area contributed by atoms with Crippen molar-refractivity contribution in [1.82, 2.24) is 10.3 Å². The summed E-state index contributed by atoms with van der Waals surface area (Å²) in [6.07, 6.45) is 0. The van der Waals surface area contributed by atoms with E-state index in [2.05, 4.69) is 15.6 Å². The lowest BCUT2D eigenvalue weighted by atomic mass is 10.1. The van der Waals surface area contributed by atoms with Gasteiger partial charge in [0.25, 0.3) is 11.8 Å². The van der Waals surface area contributed by atoms with E-state index in [-0.39, 0.29) is 11.8 Å². The highest BCUT2D eigenvalue weighted by atomic mass is 32.1. The Morgan fingerprint density at radius 2 is 1.77 bits per heavy atom. The SMILES string of the molecule is Cc1cccc(C(=O)Nc2nc(C)c(C(=O)NCc3ccccc3)s2)c1. The maximum absolute atomic E-state index is 12.4. The molecule has 2 N–H and O–H groups in total. The minimum Gasteiger partial charge on any atom is -0.347 e. The monoisotopic (exact) mass is 365 g/mol. The Morgan fingerprint density at radius 1 is 1.00 bits per heavy atom. The number of carbonyl (C=O) groups excluding carboxylic acids is 2. The molecule has 1 heterocycles. The zero-order valence-electron chi connectivity index (χ0n) is 14.6. The highest BCUT2D eigenvalue weighted by Crippen LogP contribution is 2.23. The summed E-state index contributed by atoms with van der Waals surface area (Å²) in [5.74, 6) is -0.432. The van der Waals surface area contributed by atoms with Crippen LogP contribution in [0, 0.1) is 13.8 Å². The van der Waals surface area contributed by atoms with Crippen LogP contribution in [0.25, 0.3) is 0 Å². The second kappa shape index (κ2) is 7.93. The Hall–Kier alpha value is -2.99. The van der Waals surface area contributed by atoms with E-state index >= 15 is 0 Å². The number of benzene rings is 2. The molecule has 2 aromatic carbocycles. The molecule has 0 aliphatic heterocycles. The van der Waals surface area contributed by atoms with E-state index in [1.54, 1.807) is 13.0 Å². The van der Waals surface area contributed by atoms with Gasteiger partial charge in [-0.25, -0.2) is 4.98 Å². The number of carbonyl (C=O) groups is 2. The van der Waals surface area contributed by atoms with Gasteiger partial charge in [-0.1, -0.05) is 59.4 Å². The summed E-state index contributed by atoms with van der Waals surface area (Å²) >= 11 is 1.17.